The Balaban J connectivity index is 0.000000411. The molecule has 0 aliphatic heterocycles. The molecule has 0 spiro atoms. The summed E-state index contributed by atoms with van der Waals surface area (Å²) in [6, 6.07) is 22.0. The summed E-state index contributed by atoms with van der Waals surface area (Å²) in [5.74, 6) is 0.870. The van der Waals surface area contributed by atoms with E-state index in [9.17, 15) is 23.1 Å². The number of rotatable bonds is 12. The molecular weight excluding hydrogens is 946 g/mol. The summed E-state index contributed by atoms with van der Waals surface area (Å²) in [6.07, 6.45) is 2.07. The molecule has 0 aliphatic rings. The van der Waals surface area contributed by atoms with Crippen molar-refractivity contribution in [1.29, 1.82) is 0 Å². The standard InChI is InChI=1S/C36H34F3N2OS.C13H24O2.Ir/c1-20(2)32-30(22-12-13-28-27(18-22)41-29(42-28)19-35(6,7)36(37,38)39)25-14-15-40-31(33(25)43-32)23-16-21-10-8-9-11-24(21)26(17-23)34(3,4)5;1-5-10(6-2)12(14)9-13(15)11(7-3)8-4;/h8-15,17-18,20H,19H2,1-7H3;9-11,14H,5-8H2,1-4H3;/q-1;;/b;12-9-;. The van der Waals surface area contributed by atoms with E-state index in [-0.39, 0.29) is 67.1 Å². The Morgan fingerprint density at radius 1 is 0.898 bits per heavy atom. The van der Waals surface area contributed by atoms with Gasteiger partial charge >= 0.3 is 6.18 Å². The summed E-state index contributed by atoms with van der Waals surface area (Å²) in [6.45, 7) is 21.4. The van der Waals surface area contributed by atoms with Gasteiger partial charge in [0.15, 0.2) is 17.3 Å². The number of halogens is 3. The molecule has 6 rings (SSSR count). The van der Waals surface area contributed by atoms with Crippen LogP contribution in [-0.4, -0.2) is 27.0 Å². The minimum Gasteiger partial charge on any atom is -0.512 e. The van der Waals surface area contributed by atoms with Gasteiger partial charge in [-0.05, 0) is 66.2 Å². The van der Waals surface area contributed by atoms with Crippen LogP contribution in [0.25, 0.3) is 54.3 Å². The fraction of sp³-hybridized carbons (Fsp3) is 0.449. The smallest absolute Gasteiger partial charge is 0.394 e. The maximum atomic E-state index is 13.5. The van der Waals surface area contributed by atoms with Crippen LogP contribution in [-0.2, 0) is 36.7 Å². The molecule has 0 saturated carbocycles. The number of ketones is 1. The van der Waals surface area contributed by atoms with Crippen molar-refractivity contribution < 1.29 is 47.6 Å². The van der Waals surface area contributed by atoms with E-state index in [2.05, 4.69) is 69.9 Å². The summed E-state index contributed by atoms with van der Waals surface area (Å²) in [5, 5.41) is 13.1. The number of thiophene rings is 1. The average molecular weight is 1000 g/mol. The number of fused-ring (bicyclic) bond motifs is 3. The maximum Gasteiger partial charge on any atom is 0.394 e. The first-order valence-corrected chi connectivity index (χ1v) is 21.3. The predicted molar refractivity (Wildman–Crippen MR) is 235 cm³/mol. The van der Waals surface area contributed by atoms with Gasteiger partial charge in [0.25, 0.3) is 0 Å². The number of carbonyl (C=O) groups excluding carboxylic acids is 1. The number of aliphatic hydroxyl groups excluding tert-OH is 1. The van der Waals surface area contributed by atoms with Crippen molar-refractivity contribution in [3.63, 3.8) is 0 Å². The second-order valence-corrected chi connectivity index (χ2v) is 18.3. The molecule has 0 unspecified atom stereocenters. The molecule has 5 nitrogen and oxygen atoms in total. The average Bonchev–Trinajstić information content (AvgIpc) is 3.75. The SMILES string of the molecule is CC(C)c1sc2c(-c3[c-]c4ccccc4c(C(C)(C)C)c3)nccc2c1-c1ccc2oc(CC(C)(C)C(F)(F)F)nc2c1.CCC(CC)C(=O)/C=C(\O)C(CC)CC.[Ir]. The van der Waals surface area contributed by atoms with E-state index in [1.807, 2.05) is 64.2 Å². The number of hydrogen-bond acceptors (Lipinski definition) is 6. The van der Waals surface area contributed by atoms with Crippen LogP contribution in [0.1, 0.15) is 124 Å². The number of allylic oxidation sites excluding steroid dienone is 2. The third kappa shape index (κ3) is 10.5. The van der Waals surface area contributed by atoms with Crippen LogP contribution in [0.5, 0.6) is 0 Å². The van der Waals surface area contributed by atoms with Gasteiger partial charge in [-0.25, -0.2) is 4.98 Å². The van der Waals surface area contributed by atoms with E-state index in [0.717, 1.165) is 63.5 Å². The number of alkyl halides is 3. The van der Waals surface area contributed by atoms with Crippen molar-refractivity contribution in [3.05, 3.63) is 95.0 Å². The number of hydrogen-bond donors (Lipinski definition) is 1. The molecule has 0 fully saturated rings. The zero-order valence-electron chi connectivity index (χ0n) is 36.2. The van der Waals surface area contributed by atoms with E-state index >= 15 is 0 Å². The van der Waals surface area contributed by atoms with E-state index < -0.39 is 11.6 Å². The molecule has 0 amide bonds. The largest absolute Gasteiger partial charge is 0.512 e. The molecule has 0 atom stereocenters. The zero-order valence-corrected chi connectivity index (χ0v) is 39.4. The van der Waals surface area contributed by atoms with Crippen LogP contribution >= 0.6 is 11.3 Å². The van der Waals surface area contributed by atoms with Crippen LogP contribution in [0.3, 0.4) is 0 Å². The first-order chi connectivity index (χ1) is 27.2. The molecule has 3 aromatic heterocycles. The van der Waals surface area contributed by atoms with Crippen molar-refractivity contribution in [2.24, 2.45) is 17.3 Å². The van der Waals surface area contributed by atoms with Crippen molar-refractivity contribution in [3.8, 4) is 22.4 Å². The molecular formula is C49H58F3IrN2O3S-. The third-order valence-electron chi connectivity index (χ3n) is 11.2. The molecule has 10 heteroatoms. The molecule has 59 heavy (non-hydrogen) atoms. The maximum absolute atomic E-state index is 13.5. The Bertz CT molecular complexity index is 2410. The first kappa shape index (κ1) is 47.8. The molecule has 0 saturated heterocycles. The number of nitrogens with zero attached hydrogens (tertiary/aromatic N) is 2. The van der Waals surface area contributed by atoms with Crippen LogP contribution in [0.15, 0.2) is 77.0 Å². The molecule has 319 valence electrons. The Labute approximate surface area is 365 Å². The quantitative estimate of drug-likeness (QED) is 0.0751. The number of aliphatic hydroxyl groups is 1. The van der Waals surface area contributed by atoms with Gasteiger partial charge in [0.2, 0.25) is 0 Å². The summed E-state index contributed by atoms with van der Waals surface area (Å²) in [4.78, 5) is 22.3. The van der Waals surface area contributed by atoms with Gasteiger partial charge in [-0.2, -0.15) is 13.2 Å². The summed E-state index contributed by atoms with van der Waals surface area (Å²) < 4.78 is 47.4. The Kier molecular flexibility index (Phi) is 15.6. The molecule has 0 bridgehead atoms. The van der Waals surface area contributed by atoms with Gasteiger partial charge in [-0.1, -0.05) is 111 Å². The molecule has 6 aromatic rings. The molecule has 1 radical (unpaired) electrons. The number of carbonyl (C=O) groups is 1. The van der Waals surface area contributed by atoms with Crippen LogP contribution in [0.2, 0.25) is 0 Å². The van der Waals surface area contributed by atoms with Gasteiger partial charge in [-0.3, -0.25) is 9.78 Å². The van der Waals surface area contributed by atoms with Gasteiger partial charge in [0.05, 0.1) is 11.2 Å². The normalized spacial score (nSPS) is 12.8. The number of benzene rings is 3. The van der Waals surface area contributed by atoms with Crippen molar-refractivity contribution in [1.82, 2.24) is 9.97 Å². The number of oxazole rings is 1. The Hall–Kier alpha value is -3.85. The molecule has 1 N–H and O–H groups in total. The fourth-order valence-electron chi connectivity index (χ4n) is 7.38. The molecule has 3 heterocycles. The fourth-order valence-corrected chi connectivity index (χ4v) is 8.71. The number of pyridine rings is 1. The predicted octanol–water partition coefficient (Wildman–Crippen LogP) is 15.1. The Morgan fingerprint density at radius 3 is 2.14 bits per heavy atom. The first-order valence-electron chi connectivity index (χ1n) is 20.5. The minimum atomic E-state index is -4.36. The summed E-state index contributed by atoms with van der Waals surface area (Å²) in [5.41, 5.74) is 4.16. The molecule has 3 aromatic carbocycles. The van der Waals surface area contributed by atoms with Gasteiger partial charge in [-0.15, -0.1) is 40.5 Å². The topological polar surface area (TPSA) is 76.2 Å². The van der Waals surface area contributed by atoms with Gasteiger partial charge < -0.3 is 9.52 Å². The molecule has 0 aliphatic carbocycles. The van der Waals surface area contributed by atoms with Crippen molar-refractivity contribution in [2.75, 3.05) is 0 Å². The van der Waals surface area contributed by atoms with Crippen LogP contribution in [0, 0.1) is 23.3 Å². The van der Waals surface area contributed by atoms with Crippen molar-refractivity contribution >= 4 is 49.1 Å². The minimum absolute atomic E-state index is 0. The second kappa shape index (κ2) is 19.2. The van der Waals surface area contributed by atoms with E-state index in [0.29, 0.717) is 11.1 Å². The number of aromatic nitrogens is 2. The summed E-state index contributed by atoms with van der Waals surface area (Å²) in [7, 11) is 0. The van der Waals surface area contributed by atoms with Crippen molar-refractivity contribution in [2.45, 2.75) is 126 Å². The van der Waals surface area contributed by atoms with E-state index in [1.54, 1.807) is 11.3 Å². The summed E-state index contributed by atoms with van der Waals surface area (Å²) >= 11 is 1.74. The Morgan fingerprint density at radius 2 is 1.54 bits per heavy atom. The van der Waals surface area contributed by atoms with Gasteiger partial charge in [0, 0.05) is 71.5 Å². The van der Waals surface area contributed by atoms with Gasteiger partial charge in [0.1, 0.15) is 5.52 Å². The monoisotopic (exact) mass is 1000 g/mol. The second-order valence-electron chi connectivity index (χ2n) is 17.3. The van der Waals surface area contributed by atoms with Crippen LogP contribution in [0.4, 0.5) is 13.2 Å². The zero-order chi connectivity index (χ0) is 42.7. The van der Waals surface area contributed by atoms with E-state index in [1.165, 1.54) is 35.8 Å². The van der Waals surface area contributed by atoms with Crippen LogP contribution < -0.4 is 0 Å². The van der Waals surface area contributed by atoms with E-state index in [4.69, 9.17) is 9.40 Å². The third-order valence-corrected chi connectivity index (χ3v) is 12.7.